The summed E-state index contributed by atoms with van der Waals surface area (Å²) in [6, 6.07) is 7.21. The minimum absolute atomic E-state index is 0.0784. The summed E-state index contributed by atoms with van der Waals surface area (Å²) in [6.07, 6.45) is -5.97. The summed E-state index contributed by atoms with van der Waals surface area (Å²) < 4.78 is 68.5. The molecule has 0 unspecified atom stereocenters. The number of hydrogen-bond donors (Lipinski definition) is 0. The SMILES string of the molecule is COc1cc(C(=O)N2CC[C@]3(c4ccc(C(F)(F)F)n4CCN3C)[C@@H](F)C2)ccc1OC(C)C. The van der Waals surface area contributed by atoms with E-state index in [9.17, 15) is 18.0 Å². The fourth-order valence-electron chi connectivity index (χ4n) is 5.11. The monoisotopic (exact) mass is 483 g/mol. The summed E-state index contributed by atoms with van der Waals surface area (Å²) >= 11 is 0. The van der Waals surface area contributed by atoms with Crippen molar-refractivity contribution in [3.63, 3.8) is 0 Å². The second-order valence-electron chi connectivity index (χ2n) is 9.10. The number of benzene rings is 1. The van der Waals surface area contributed by atoms with E-state index in [1.165, 1.54) is 22.6 Å². The topological polar surface area (TPSA) is 46.9 Å². The van der Waals surface area contributed by atoms with Crippen molar-refractivity contribution in [3.8, 4) is 11.5 Å². The highest BCUT2D eigenvalue weighted by molar-refractivity contribution is 5.95. The van der Waals surface area contributed by atoms with Crippen molar-refractivity contribution < 1.29 is 31.8 Å². The number of fused-ring (bicyclic) bond motifs is 2. The van der Waals surface area contributed by atoms with Crippen LogP contribution in [0.15, 0.2) is 30.3 Å². The van der Waals surface area contributed by atoms with Gasteiger partial charge in [0.15, 0.2) is 11.5 Å². The average molecular weight is 484 g/mol. The molecule has 1 aromatic carbocycles. The molecule has 1 fully saturated rings. The largest absolute Gasteiger partial charge is 0.493 e. The van der Waals surface area contributed by atoms with Crippen molar-refractivity contribution in [1.82, 2.24) is 14.4 Å². The zero-order valence-corrected chi connectivity index (χ0v) is 19.7. The van der Waals surface area contributed by atoms with Crippen LogP contribution in [0.1, 0.15) is 42.0 Å². The fraction of sp³-hybridized carbons (Fsp3) is 0.542. The number of likely N-dealkylation sites (tertiary alicyclic amines) is 1. The van der Waals surface area contributed by atoms with Crippen molar-refractivity contribution >= 4 is 5.91 Å². The maximum absolute atomic E-state index is 15.9. The standard InChI is InChI=1S/C24H29F4N3O3/c1-15(2)34-17-6-5-16(13-18(17)33-4)22(32)30-10-9-23(19(25)14-30)20-7-8-21(24(26,27)28)31(20)12-11-29(23)3/h5-8,13,15,19H,9-12,14H2,1-4H3/t19-,23+/m0/s1. The van der Waals surface area contributed by atoms with E-state index in [4.69, 9.17) is 9.47 Å². The zero-order valence-electron chi connectivity index (χ0n) is 19.7. The number of amides is 1. The van der Waals surface area contributed by atoms with E-state index >= 15 is 4.39 Å². The first kappa shape index (κ1) is 24.4. The first-order valence-corrected chi connectivity index (χ1v) is 11.3. The third kappa shape index (κ3) is 4.01. The molecule has 0 saturated carbocycles. The number of ether oxygens (including phenoxy) is 2. The van der Waals surface area contributed by atoms with Crippen molar-refractivity contribution in [2.45, 2.75) is 50.8 Å². The normalized spacial score (nSPS) is 23.3. The van der Waals surface area contributed by atoms with Crippen molar-refractivity contribution in [2.75, 3.05) is 33.8 Å². The summed E-state index contributed by atoms with van der Waals surface area (Å²) in [4.78, 5) is 16.4. The van der Waals surface area contributed by atoms with Crippen LogP contribution in [0.3, 0.4) is 0 Å². The van der Waals surface area contributed by atoms with E-state index in [1.807, 2.05) is 13.8 Å². The van der Waals surface area contributed by atoms with Crippen LogP contribution in [0.2, 0.25) is 0 Å². The molecule has 1 aromatic heterocycles. The van der Waals surface area contributed by atoms with Gasteiger partial charge in [-0.05, 0) is 57.6 Å². The Balaban J connectivity index is 1.59. The van der Waals surface area contributed by atoms with Crippen molar-refractivity contribution in [2.24, 2.45) is 0 Å². The molecular weight excluding hydrogens is 454 g/mol. The Labute approximate surface area is 196 Å². The second-order valence-corrected chi connectivity index (χ2v) is 9.10. The summed E-state index contributed by atoms with van der Waals surface area (Å²) in [5.74, 6) is 0.533. The Kier molecular flexibility index (Phi) is 6.30. The molecule has 0 radical (unpaired) electrons. The lowest BCUT2D eigenvalue weighted by Gasteiger charge is -2.52. The van der Waals surface area contributed by atoms with Gasteiger partial charge in [-0.3, -0.25) is 9.69 Å². The number of carbonyl (C=O) groups excluding carboxylic acids is 1. The Morgan fingerprint density at radius 3 is 2.47 bits per heavy atom. The maximum atomic E-state index is 15.9. The molecule has 0 aliphatic carbocycles. The van der Waals surface area contributed by atoms with Gasteiger partial charge >= 0.3 is 6.18 Å². The Hall–Kier alpha value is -2.75. The minimum atomic E-state index is -4.51. The quantitative estimate of drug-likeness (QED) is 0.608. The average Bonchev–Trinajstić information content (AvgIpc) is 3.22. The lowest BCUT2D eigenvalue weighted by molar-refractivity contribution is -0.145. The predicted octanol–water partition coefficient (Wildman–Crippen LogP) is 4.33. The summed E-state index contributed by atoms with van der Waals surface area (Å²) in [6.45, 7) is 4.16. The molecule has 2 aromatic rings. The highest BCUT2D eigenvalue weighted by Gasteiger charge is 2.53. The molecule has 1 amide bonds. The van der Waals surface area contributed by atoms with Gasteiger partial charge in [0.05, 0.1) is 25.3 Å². The summed E-state index contributed by atoms with van der Waals surface area (Å²) in [5.41, 5.74) is -1.34. The number of aromatic nitrogens is 1. The van der Waals surface area contributed by atoms with Crippen LogP contribution in [-0.2, 0) is 18.3 Å². The van der Waals surface area contributed by atoms with E-state index < -0.39 is 23.6 Å². The highest BCUT2D eigenvalue weighted by atomic mass is 19.4. The van der Waals surface area contributed by atoms with Gasteiger partial charge in [-0.25, -0.2) is 4.39 Å². The van der Waals surface area contributed by atoms with Crippen molar-refractivity contribution in [3.05, 3.63) is 47.3 Å². The van der Waals surface area contributed by atoms with Gasteiger partial charge in [-0.15, -0.1) is 0 Å². The number of alkyl halides is 4. The number of halogens is 4. The molecule has 34 heavy (non-hydrogen) atoms. The number of methoxy groups -OCH3 is 1. The van der Waals surface area contributed by atoms with Crippen LogP contribution < -0.4 is 9.47 Å². The van der Waals surface area contributed by atoms with Crippen LogP contribution in [0.4, 0.5) is 17.6 Å². The number of nitrogens with zero attached hydrogens (tertiary/aromatic N) is 3. The summed E-state index contributed by atoms with van der Waals surface area (Å²) in [7, 11) is 3.20. The van der Waals surface area contributed by atoms with E-state index in [2.05, 4.69) is 0 Å². The molecule has 6 nitrogen and oxygen atoms in total. The smallest absolute Gasteiger partial charge is 0.431 e. The van der Waals surface area contributed by atoms with Gasteiger partial charge in [-0.2, -0.15) is 13.2 Å². The number of hydrogen-bond acceptors (Lipinski definition) is 4. The molecule has 2 atom stereocenters. The lowest BCUT2D eigenvalue weighted by Crippen LogP contribution is -2.63. The molecule has 1 spiro atoms. The number of rotatable bonds is 4. The molecule has 0 bridgehead atoms. The van der Waals surface area contributed by atoms with Gasteiger partial charge in [0, 0.05) is 30.9 Å². The molecular formula is C24H29F4N3O3. The van der Waals surface area contributed by atoms with E-state index in [1.54, 1.807) is 30.1 Å². The second kappa shape index (κ2) is 8.79. The van der Waals surface area contributed by atoms with Crippen molar-refractivity contribution in [1.29, 1.82) is 0 Å². The first-order valence-electron chi connectivity index (χ1n) is 11.3. The van der Waals surface area contributed by atoms with E-state index in [-0.39, 0.29) is 44.6 Å². The van der Waals surface area contributed by atoms with Gasteiger partial charge in [0.25, 0.3) is 5.91 Å². The van der Waals surface area contributed by atoms with Crippen LogP contribution in [0.25, 0.3) is 0 Å². The zero-order chi connectivity index (χ0) is 24.8. The van der Waals surface area contributed by atoms with Gasteiger partial charge in [0.2, 0.25) is 0 Å². The van der Waals surface area contributed by atoms with Crippen LogP contribution in [0, 0.1) is 0 Å². The van der Waals surface area contributed by atoms with E-state index in [0.717, 1.165) is 6.07 Å². The number of likely N-dealkylation sites (N-methyl/N-ethyl adjacent to an activating group) is 1. The fourth-order valence-corrected chi connectivity index (χ4v) is 5.11. The van der Waals surface area contributed by atoms with Crippen LogP contribution in [0.5, 0.6) is 11.5 Å². The van der Waals surface area contributed by atoms with Gasteiger partial charge < -0.3 is 18.9 Å². The number of piperidine rings is 1. The molecule has 4 rings (SSSR count). The maximum Gasteiger partial charge on any atom is 0.431 e. The molecule has 0 N–H and O–H groups in total. The lowest BCUT2D eigenvalue weighted by atomic mass is 9.79. The molecule has 1 saturated heterocycles. The van der Waals surface area contributed by atoms with E-state index in [0.29, 0.717) is 22.8 Å². The molecule has 3 heterocycles. The number of carbonyl (C=O) groups is 1. The van der Waals surface area contributed by atoms with Gasteiger partial charge in [0.1, 0.15) is 11.9 Å². The Morgan fingerprint density at radius 1 is 1.12 bits per heavy atom. The summed E-state index contributed by atoms with van der Waals surface area (Å²) in [5, 5.41) is 0. The highest BCUT2D eigenvalue weighted by Crippen LogP contribution is 2.45. The Morgan fingerprint density at radius 2 is 1.85 bits per heavy atom. The van der Waals surface area contributed by atoms with Gasteiger partial charge in [-0.1, -0.05) is 0 Å². The molecule has 186 valence electrons. The minimum Gasteiger partial charge on any atom is -0.493 e. The van der Waals surface area contributed by atoms with Crippen LogP contribution >= 0.6 is 0 Å². The predicted molar refractivity (Wildman–Crippen MR) is 118 cm³/mol. The molecule has 2 aliphatic heterocycles. The molecule has 2 aliphatic rings. The first-order chi connectivity index (χ1) is 16.0. The third-order valence-corrected chi connectivity index (χ3v) is 6.78. The third-order valence-electron chi connectivity index (χ3n) is 6.78. The molecule has 10 heteroatoms. The Bertz CT molecular complexity index is 1070. The van der Waals surface area contributed by atoms with Crippen LogP contribution in [-0.4, -0.2) is 66.3 Å².